The maximum Gasteiger partial charge on any atom is 0.409 e. The monoisotopic (exact) mass is 239 g/mol. The first-order valence-corrected chi connectivity index (χ1v) is 4.61. The molecule has 6 nitrogen and oxygen atoms in total. The van der Waals surface area contributed by atoms with Crippen LogP contribution in [0.5, 0.6) is 0 Å². The van der Waals surface area contributed by atoms with Crippen molar-refractivity contribution in [3.8, 4) is 11.4 Å². The lowest BCUT2D eigenvalue weighted by atomic mass is 10.2. The Hall–Kier alpha value is -2.08. The molecule has 1 heterocycles. The molecule has 0 aliphatic heterocycles. The van der Waals surface area contributed by atoms with Crippen LogP contribution in [0.2, 0.25) is 5.02 Å². The average Bonchev–Trinajstić information content (AvgIpc) is 2.73. The van der Waals surface area contributed by atoms with Crippen LogP contribution in [-0.2, 0) is 0 Å². The number of halogens is 1. The molecule has 0 aliphatic rings. The molecule has 2 N–H and O–H groups in total. The number of hydrogen-bond acceptors (Lipinski definition) is 4. The minimum atomic E-state index is -1.19. The van der Waals surface area contributed by atoms with E-state index < -0.39 is 6.09 Å². The number of hydrogen-bond donors (Lipinski definition) is 2. The number of nitrogens with one attached hydrogen (secondary N) is 1. The SMILES string of the molecule is O=C(O)Nc1cccc(-c2ncon2)c1Cl. The van der Waals surface area contributed by atoms with Gasteiger partial charge in [0, 0.05) is 5.56 Å². The number of amides is 1. The van der Waals surface area contributed by atoms with Crippen LogP contribution in [-0.4, -0.2) is 21.3 Å². The number of nitrogens with zero attached hydrogens (tertiary/aromatic N) is 2. The molecular weight excluding hydrogens is 234 g/mol. The fraction of sp³-hybridized carbons (Fsp3) is 0. The first-order chi connectivity index (χ1) is 7.68. The Kier molecular flexibility index (Phi) is 2.74. The van der Waals surface area contributed by atoms with Crippen molar-refractivity contribution in [2.75, 3.05) is 5.32 Å². The fourth-order valence-electron chi connectivity index (χ4n) is 1.21. The lowest BCUT2D eigenvalue weighted by Gasteiger charge is -2.05. The van der Waals surface area contributed by atoms with Gasteiger partial charge in [0.15, 0.2) is 0 Å². The summed E-state index contributed by atoms with van der Waals surface area (Å²) in [5.74, 6) is 0.305. The lowest BCUT2D eigenvalue weighted by Crippen LogP contribution is -2.07. The Balaban J connectivity index is 2.45. The molecule has 1 amide bonds. The number of carboxylic acid groups (broad SMARTS) is 1. The second-order valence-electron chi connectivity index (χ2n) is 2.85. The highest BCUT2D eigenvalue weighted by Crippen LogP contribution is 2.31. The standard InChI is InChI=1S/C9H6ClN3O3/c10-7-5(8-11-4-16-13-8)2-1-3-6(7)12-9(14)15/h1-4,12H,(H,14,15). The highest BCUT2D eigenvalue weighted by atomic mass is 35.5. The largest absolute Gasteiger partial charge is 0.465 e. The third-order valence-electron chi connectivity index (χ3n) is 1.84. The van der Waals surface area contributed by atoms with E-state index in [4.69, 9.17) is 16.7 Å². The number of aromatic nitrogens is 2. The Bertz CT molecular complexity index is 513. The van der Waals surface area contributed by atoms with E-state index in [2.05, 4.69) is 20.0 Å². The number of benzene rings is 1. The zero-order chi connectivity index (χ0) is 11.5. The van der Waals surface area contributed by atoms with E-state index in [1.165, 1.54) is 6.39 Å². The summed E-state index contributed by atoms with van der Waals surface area (Å²) in [5, 5.41) is 14.6. The van der Waals surface area contributed by atoms with Crippen LogP contribution in [0.4, 0.5) is 10.5 Å². The van der Waals surface area contributed by atoms with E-state index in [0.29, 0.717) is 11.4 Å². The second-order valence-corrected chi connectivity index (χ2v) is 3.23. The van der Waals surface area contributed by atoms with Crippen LogP contribution >= 0.6 is 11.6 Å². The molecule has 2 rings (SSSR count). The lowest BCUT2D eigenvalue weighted by molar-refractivity contribution is 0.210. The molecule has 0 fully saturated rings. The molecule has 0 aliphatic carbocycles. The minimum absolute atomic E-state index is 0.228. The zero-order valence-electron chi connectivity index (χ0n) is 7.85. The maximum absolute atomic E-state index is 10.5. The average molecular weight is 240 g/mol. The van der Waals surface area contributed by atoms with Crippen molar-refractivity contribution >= 4 is 23.4 Å². The number of rotatable bonds is 2. The van der Waals surface area contributed by atoms with Gasteiger partial charge in [-0.1, -0.05) is 22.8 Å². The van der Waals surface area contributed by atoms with Gasteiger partial charge in [0.25, 0.3) is 0 Å². The van der Waals surface area contributed by atoms with Gasteiger partial charge in [-0.2, -0.15) is 4.98 Å². The van der Waals surface area contributed by atoms with Crippen molar-refractivity contribution in [3.05, 3.63) is 29.6 Å². The van der Waals surface area contributed by atoms with Gasteiger partial charge < -0.3 is 9.63 Å². The molecule has 0 saturated heterocycles. The van der Waals surface area contributed by atoms with Gasteiger partial charge in [0.05, 0.1) is 10.7 Å². The summed E-state index contributed by atoms with van der Waals surface area (Å²) < 4.78 is 4.59. The first-order valence-electron chi connectivity index (χ1n) is 4.23. The quantitative estimate of drug-likeness (QED) is 0.840. The molecular formula is C9H6ClN3O3. The topological polar surface area (TPSA) is 88.2 Å². The van der Waals surface area contributed by atoms with E-state index in [0.717, 1.165) is 0 Å². The highest BCUT2D eigenvalue weighted by molar-refractivity contribution is 6.36. The van der Waals surface area contributed by atoms with Crippen molar-refractivity contribution in [2.45, 2.75) is 0 Å². The van der Waals surface area contributed by atoms with Crippen LogP contribution in [0, 0.1) is 0 Å². The number of carbonyl (C=O) groups is 1. The molecule has 0 bridgehead atoms. The molecule has 0 unspecified atom stereocenters. The van der Waals surface area contributed by atoms with Crippen molar-refractivity contribution < 1.29 is 14.4 Å². The summed E-state index contributed by atoms with van der Waals surface area (Å²) >= 11 is 6.00. The molecule has 0 radical (unpaired) electrons. The molecule has 16 heavy (non-hydrogen) atoms. The van der Waals surface area contributed by atoms with Crippen LogP contribution < -0.4 is 5.32 Å². The molecule has 82 valence electrons. The van der Waals surface area contributed by atoms with Gasteiger partial charge in [0.2, 0.25) is 12.2 Å². The van der Waals surface area contributed by atoms with Gasteiger partial charge in [0.1, 0.15) is 0 Å². The Morgan fingerprint density at radius 3 is 2.94 bits per heavy atom. The third kappa shape index (κ3) is 1.96. The molecule has 0 spiro atoms. The number of anilines is 1. The molecule has 1 aromatic carbocycles. The van der Waals surface area contributed by atoms with Crippen LogP contribution in [0.1, 0.15) is 0 Å². The Morgan fingerprint density at radius 2 is 2.31 bits per heavy atom. The maximum atomic E-state index is 10.5. The van der Waals surface area contributed by atoms with Crippen molar-refractivity contribution in [1.29, 1.82) is 0 Å². The van der Waals surface area contributed by atoms with Gasteiger partial charge in [-0.3, -0.25) is 5.32 Å². The van der Waals surface area contributed by atoms with Crippen LogP contribution in [0.15, 0.2) is 29.1 Å². The van der Waals surface area contributed by atoms with Crippen LogP contribution in [0.3, 0.4) is 0 Å². The van der Waals surface area contributed by atoms with Crippen molar-refractivity contribution in [3.63, 3.8) is 0 Å². The Labute approximate surface area is 94.8 Å². The summed E-state index contributed by atoms with van der Waals surface area (Å²) in [6, 6.07) is 4.85. The summed E-state index contributed by atoms with van der Waals surface area (Å²) in [7, 11) is 0. The minimum Gasteiger partial charge on any atom is -0.465 e. The van der Waals surface area contributed by atoms with Gasteiger partial charge in [-0.15, -0.1) is 0 Å². The Morgan fingerprint density at radius 1 is 1.50 bits per heavy atom. The van der Waals surface area contributed by atoms with Crippen molar-refractivity contribution in [2.24, 2.45) is 0 Å². The van der Waals surface area contributed by atoms with Crippen molar-refractivity contribution in [1.82, 2.24) is 10.1 Å². The van der Waals surface area contributed by atoms with E-state index in [1.54, 1.807) is 18.2 Å². The summed E-state index contributed by atoms with van der Waals surface area (Å²) in [6.45, 7) is 0. The third-order valence-corrected chi connectivity index (χ3v) is 2.25. The molecule has 2 aromatic rings. The second kappa shape index (κ2) is 4.19. The highest BCUT2D eigenvalue weighted by Gasteiger charge is 2.12. The predicted octanol–water partition coefficient (Wildman–Crippen LogP) is 2.48. The molecule has 0 atom stereocenters. The van der Waals surface area contributed by atoms with Gasteiger partial charge in [-0.05, 0) is 12.1 Å². The normalized spacial score (nSPS) is 10.1. The smallest absolute Gasteiger partial charge is 0.409 e. The fourth-order valence-corrected chi connectivity index (χ4v) is 1.46. The van der Waals surface area contributed by atoms with Gasteiger partial charge in [-0.25, -0.2) is 4.79 Å². The van der Waals surface area contributed by atoms with Crippen LogP contribution in [0.25, 0.3) is 11.4 Å². The summed E-state index contributed by atoms with van der Waals surface area (Å²) in [4.78, 5) is 14.3. The van der Waals surface area contributed by atoms with E-state index in [1.807, 2.05) is 0 Å². The molecule has 7 heteroatoms. The first kappa shape index (κ1) is 10.4. The zero-order valence-corrected chi connectivity index (χ0v) is 8.60. The van der Waals surface area contributed by atoms with Gasteiger partial charge >= 0.3 is 6.09 Å². The molecule has 0 saturated carbocycles. The summed E-state index contributed by atoms with van der Waals surface area (Å²) in [6.07, 6.45) is -0.0182. The molecule has 1 aromatic heterocycles. The van der Waals surface area contributed by atoms with E-state index in [9.17, 15) is 4.79 Å². The van der Waals surface area contributed by atoms with E-state index in [-0.39, 0.29) is 10.7 Å². The summed E-state index contributed by atoms with van der Waals surface area (Å²) in [5.41, 5.74) is 0.776. The predicted molar refractivity (Wildman–Crippen MR) is 56.4 cm³/mol. The van der Waals surface area contributed by atoms with E-state index >= 15 is 0 Å².